The quantitative estimate of drug-likeness (QED) is 0.333. The molecule has 0 saturated carbocycles. The first-order valence-corrected chi connectivity index (χ1v) is 12.1. The van der Waals surface area contributed by atoms with Crippen LogP contribution in [0.15, 0.2) is 40.6 Å². The van der Waals surface area contributed by atoms with E-state index in [0.717, 1.165) is 12.8 Å². The van der Waals surface area contributed by atoms with E-state index in [9.17, 15) is 14.4 Å². The Balaban J connectivity index is 0.000000303. The van der Waals surface area contributed by atoms with Crippen LogP contribution in [0, 0.1) is 6.92 Å². The third kappa shape index (κ3) is 6.10. The van der Waals surface area contributed by atoms with E-state index in [4.69, 9.17) is 38.8 Å². The number of benzene rings is 1. The molecule has 1 aliphatic heterocycles. The molecule has 11 heteroatoms. The maximum Gasteiger partial charge on any atom is 0.349 e. The van der Waals surface area contributed by atoms with Crippen molar-refractivity contribution < 1.29 is 24.2 Å². The number of nitrogen functional groups attached to an aromatic ring is 1. The van der Waals surface area contributed by atoms with Gasteiger partial charge in [0.15, 0.2) is 0 Å². The van der Waals surface area contributed by atoms with E-state index in [1.807, 2.05) is 0 Å². The molecule has 36 heavy (non-hydrogen) atoms. The monoisotopic (exact) mass is 532 g/mol. The molecule has 1 aromatic heterocycles. The number of carbonyl (C=O) groups is 3. The fourth-order valence-electron chi connectivity index (χ4n) is 3.78. The largest absolute Gasteiger partial charge is 0.462 e. The summed E-state index contributed by atoms with van der Waals surface area (Å²) in [5.41, 5.74) is 8.04. The number of halogens is 2. The standard InChI is InChI=1S/C19H17Cl2NO4.C6H9N3O/c1-2-26-19(25)16(21)10-11-9-12(7-8-15(11)20)22-17(23)13-5-3-4-6-14(13)18(22)24;1-4-8-2-5(3-10)6(7)9-4/h7-10H,2-6H2,1H3;2,10H,3H2,1H3,(H2,7,8,9)/b16-10-;. The molecule has 2 aromatic rings. The zero-order valence-corrected chi connectivity index (χ0v) is 21.4. The molecular formula is C25H26Cl2N4O5. The van der Waals surface area contributed by atoms with Gasteiger partial charge < -0.3 is 15.6 Å². The molecule has 0 fully saturated rings. The van der Waals surface area contributed by atoms with E-state index >= 15 is 0 Å². The second kappa shape index (κ2) is 12.1. The first kappa shape index (κ1) is 27.3. The van der Waals surface area contributed by atoms with Gasteiger partial charge in [-0.1, -0.05) is 23.2 Å². The zero-order valence-electron chi connectivity index (χ0n) is 19.9. The lowest BCUT2D eigenvalue weighted by molar-refractivity contribution is -0.137. The van der Waals surface area contributed by atoms with Crippen LogP contribution in [0.1, 0.15) is 49.6 Å². The molecule has 0 atom stereocenters. The number of esters is 1. The minimum Gasteiger partial charge on any atom is -0.462 e. The Kier molecular flexibility index (Phi) is 9.19. The van der Waals surface area contributed by atoms with Gasteiger partial charge in [-0.3, -0.25) is 9.59 Å². The number of aliphatic hydroxyl groups is 1. The summed E-state index contributed by atoms with van der Waals surface area (Å²) in [6, 6.07) is 4.74. The minimum absolute atomic E-state index is 0.105. The summed E-state index contributed by atoms with van der Waals surface area (Å²) in [5.74, 6) is -0.248. The summed E-state index contributed by atoms with van der Waals surface area (Å²) in [6.45, 7) is 3.52. The van der Waals surface area contributed by atoms with Gasteiger partial charge in [0.05, 0.1) is 18.9 Å². The molecule has 1 aromatic carbocycles. The topological polar surface area (TPSA) is 136 Å². The van der Waals surface area contributed by atoms with Crippen molar-refractivity contribution in [1.29, 1.82) is 0 Å². The van der Waals surface area contributed by atoms with Gasteiger partial charge in [0, 0.05) is 27.9 Å². The third-order valence-corrected chi connectivity index (χ3v) is 6.18. The first-order chi connectivity index (χ1) is 17.2. The number of nitrogens with zero attached hydrogens (tertiary/aromatic N) is 3. The zero-order chi connectivity index (χ0) is 26.4. The van der Waals surface area contributed by atoms with E-state index in [1.54, 1.807) is 32.0 Å². The molecule has 2 aliphatic rings. The maximum atomic E-state index is 12.7. The van der Waals surface area contributed by atoms with Gasteiger partial charge in [-0.15, -0.1) is 0 Å². The minimum atomic E-state index is -0.666. The number of aromatic nitrogens is 2. The Morgan fingerprint density at radius 3 is 2.42 bits per heavy atom. The summed E-state index contributed by atoms with van der Waals surface area (Å²) in [7, 11) is 0. The number of aryl methyl sites for hydroxylation is 1. The van der Waals surface area contributed by atoms with Crippen molar-refractivity contribution in [2.24, 2.45) is 0 Å². The average molecular weight is 533 g/mol. The number of rotatable bonds is 5. The molecule has 4 rings (SSSR count). The molecule has 0 radical (unpaired) electrons. The Bertz CT molecular complexity index is 1230. The number of hydrogen-bond acceptors (Lipinski definition) is 8. The SMILES string of the molecule is CCOC(=O)/C(Cl)=C/c1cc(N2C(=O)C3=C(CCCC3)C2=O)ccc1Cl.Cc1ncc(CO)c(N)n1. The van der Waals surface area contributed by atoms with Gasteiger partial charge in [0.1, 0.15) is 16.7 Å². The van der Waals surface area contributed by atoms with Crippen molar-refractivity contribution >= 4 is 58.6 Å². The second-order valence-electron chi connectivity index (χ2n) is 8.01. The van der Waals surface area contributed by atoms with E-state index in [2.05, 4.69) is 9.97 Å². The Morgan fingerprint density at radius 1 is 1.22 bits per heavy atom. The fourth-order valence-corrected chi connectivity index (χ4v) is 4.13. The molecule has 0 bridgehead atoms. The van der Waals surface area contributed by atoms with Crippen LogP contribution in [0.2, 0.25) is 5.02 Å². The summed E-state index contributed by atoms with van der Waals surface area (Å²) in [6.07, 6.45) is 5.98. The van der Waals surface area contributed by atoms with Gasteiger partial charge in [-0.05, 0) is 69.4 Å². The van der Waals surface area contributed by atoms with E-state index in [-0.39, 0.29) is 30.1 Å². The van der Waals surface area contributed by atoms with Crippen molar-refractivity contribution in [1.82, 2.24) is 9.97 Å². The van der Waals surface area contributed by atoms with Crippen molar-refractivity contribution in [2.45, 2.75) is 46.1 Å². The molecule has 3 N–H and O–H groups in total. The van der Waals surface area contributed by atoms with Crippen LogP contribution in [0.3, 0.4) is 0 Å². The highest BCUT2D eigenvalue weighted by Gasteiger charge is 2.39. The lowest BCUT2D eigenvalue weighted by Gasteiger charge is -2.16. The van der Waals surface area contributed by atoms with E-state index in [1.165, 1.54) is 17.2 Å². The number of hydrogen-bond donors (Lipinski definition) is 2. The van der Waals surface area contributed by atoms with Crippen LogP contribution in [0.25, 0.3) is 6.08 Å². The van der Waals surface area contributed by atoms with Crippen molar-refractivity contribution in [2.75, 3.05) is 17.2 Å². The third-order valence-electron chi connectivity index (χ3n) is 5.57. The van der Waals surface area contributed by atoms with Crippen LogP contribution in [0.5, 0.6) is 0 Å². The number of carbonyl (C=O) groups excluding carboxylic acids is 3. The van der Waals surface area contributed by atoms with Crippen LogP contribution in [-0.4, -0.2) is 39.5 Å². The molecule has 2 amide bonds. The van der Waals surface area contributed by atoms with Crippen LogP contribution >= 0.6 is 23.2 Å². The maximum absolute atomic E-state index is 12.7. The average Bonchev–Trinajstić information content (AvgIpc) is 3.11. The van der Waals surface area contributed by atoms with Gasteiger partial charge in [0.2, 0.25) is 0 Å². The predicted molar refractivity (Wildman–Crippen MR) is 137 cm³/mol. The lowest BCUT2D eigenvalue weighted by Crippen LogP contribution is -2.31. The van der Waals surface area contributed by atoms with Crippen LogP contribution < -0.4 is 10.6 Å². The van der Waals surface area contributed by atoms with Gasteiger partial charge >= 0.3 is 5.97 Å². The smallest absolute Gasteiger partial charge is 0.349 e. The van der Waals surface area contributed by atoms with Crippen molar-refractivity contribution in [3.63, 3.8) is 0 Å². The Morgan fingerprint density at radius 2 is 1.86 bits per heavy atom. The summed E-state index contributed by atoms with van der Waals surface area (Å²) in [5, 5.41) is 8.85. The van der Waals surface area contributed by atoms with Crippen molar-refractivity contribution in [3.8, 4) is 0 Å². The van der Waals surface area contributed by atoms with Gasteiger partial charge in [-0.2, -0.15) is 0 Å². The highest BCUT2D eigenvalue weighted by molar-refractivity contribution is 6.43. The highest BCUT2D eigenvalue weighted by Crippen LogP contribution is 2.37. The fraction of sp³-hybridized carbons (Fsp3) is 0.320. The number of nitrogens with two attached hydrogens (primary N) is 1. The van der Waals surface area contributed by atoms with E-state index < -0.39 is 5.97 Å². The lowest BCUT2D eigenvalue weighted by atomic mass is 9.93. The van der Waals surface area contributed by atoms with Gasteiger partial charge in [-0.25, -0.2) is 19.7 Å². The first-order valence-electron chi connectivity index (χ1n) is 11.3. The van der Waals surface area contributed by atoms with Crippen LogP contribution in [-0.2, 0) is 25.7 Å². The summed E-state index contributed by atoms with van der Waals surface area (Å²) in [4.78, 5) is 45.9. The number of imide groups is 1. The predicted octanol–water partition coefficient (Wildman–Crippen LogP) is 4.09. The van der Waals surface area contributed by atoms with Gasteiger partial charge in [0.25, 0.3) is 11.8 Å². The van der Waals surface area contributed by atoms with Crippen molar-refractivity contribution in [3.05, 3.63) is 62.5 Å². The Labute approximate surface area is 218 Å². The van der Waals surface area contributed by atoms with E-state index in [0.29, 0.717) is 57.5 Å². The number of ether oxygens (including phenoxy) is 1. The Hall–Kier alpha value is -3.27. The number of aliphatic hydroxyl groups excluding tert-OH is 1. The molecule has 1 aliphatic carbocycles. The summed E-state index contributed by atoms with van der Waals surface area (Å²) >= 11 is 12.1. The summed E-state index contributed by atoms with van der Waals surface area (Å²) < 4.78 is 4.84. The highest BCUT2D eigenvalue weighted by atomic mass is 35.5. The molecule has 0 spiro atoms. The molecular weight excluding hydrogens is 507 g/mol. The molecule has 0 saturated heterocycles. The number of amides is 2. The normalized spacial score (nSPS) is 15.5. The van der Waals surface area contributed by atoms with Crippen LogP contribution in [0.4, 0.5) is 11.5 Å². The molecule has 9 nitrogen and oxygen atoms in total. The number of anilines is 2. The molecule has 190 valence electrons. The second-order valence-corrected chi connectivity index (χ2v) is 8.83. The molecule has 2 heterocycles. The molecule has 0 unspecified atom stereocenters.